The van der Waals surface area contributed by atoms with Crippen LogP contribution in [0, 0.1) is 0 Å². The summed E-state index contributed by atoms with van der Waals surface area (Å²) in [4.78, 5) is 14.4. The molecule has 1 rings (SSSR count). The molecule has 0 saturated heterocycles. The first kappa shape index (κ1) is 18.1. The molecule has 0 radical (unpaired) electrons. The minimum absolute atomic E-state index is 0.142. The summed E-state index contributed by atoms with van der Waals surface area (Å²) < 4.78 is 0. The second kappa shape index (κ2) is 7.87. The van der Waals surface area contributed by atoms with E-state index in [2.05, 4.69) is 19.2 Å². The van der Waals surface area contributed by atoms with Crippen molar-refractivity contribution < 1.29 is 4.79 Å². The molecular weight excluding hydrogens is 309 g/mol. The van der Waals surface area contributed by atoms with Crippen molar-refractivity contribution in [2.45, 2.75) is 45.7 Å². The summed E-state index contributed by atoms with van der Waals surface area (Å²) in [5.41, 5.74) is 6.63. The molecule has 1 aromatic rings. The number of hydrogen-bond donors (Lipinski definition) is 2. The molecule has 21 heavy (non-hydrogen) atoms. The van der Waals surface area contributed by atoms with Gasteiger partial charge in [0, 0.05) is 11.1 Å². The lowest BCUT2D eigenvalue weighted by Crippen LogP contribution is -2.44. The molecular formula is C15H23Cl2N3O. The van der Waals surface area contributed by atoms with Crippen LogP contribution in [0.1, 0.15) is 33.6 Å². The van der Waals surface area contributed by atoms with Crippen LogP contribution in [0.2, 0.25) is 10.0 Å². The maximum Gasteiger partial charge on any atom is 0.241 e. The van der Waals surface area contributed by atoms with E-state index in [1.807, 2.05) is 18.9 Å². The van der Waals surface area contributed by atoms with Gasteiger partial charge in [0.25, 0.3) is 0 Å². The van der Waals surface area contributed by atoms with Gasteiger partial charge in [0.1, 0.15) is 0 Å². The summed E-state index contributed by atoms with van der Waals surface area (Å²) in [6, 6.07) is 3.17. The van der Waals surface area contributed by atoms with Gasteiger partial charge in [0.2, 0.25) is 5.91 Å². The first-order valence-corrected chi connectivity index (χ1v) is 7.80. The number of carbonyl (C=O) groups excluding carboxylic acids is 1. The van der Waals surface area contributed by atoms with E-state index in [0.717, 1.165) is 12.8 Å². The summed E-state index contributed by atoms with van der Waals surface area (Å²) in [5, 5.41) is 3.57. The summed E-state index contributed by atoms with van der Waals surface area (Å²) in [6.45, 7) is 6.10. The quantitative estimate of drug-likeness (QED) is 0.774. The van der Waals surface area contributed by atoms with Gasteiger partial charge >= 0.3 is 0 Å². The molecule has 0 spiro atoms. The highest BCUT2D eigenvalue weighted by Gasteiger charge is 2.23. The molecule has 1 aromatic carbocycles. The first-order valence-electron chi connectivity index (χ1n) is 7.05. The lowest BCUT2D eigenvalue weighted by atomic mass is 10.1. The number of hydrogen-bond acceptors (Lipinski definition) is 3. The molecule has 3 N–H and O–H groups in total. The van der Waals surface area contributed by atoms with Gasteiger partial charge in [0.15, 0.2) is 0 Å². The minimum Gasteiger partial charge on any atom is -0.397 e. The molecule has 0 aromatic heterocycles. The maximum absolute atomic E-state index is 12.4. The molecule has 0 fully saturated rings. The molecule has 0 bridgehead atoms. The fraction of sp³-hybridized carbons (Fsp3) is 0.533. The van der Waals surface area contributed by atoms with Gasteiger partial charge in [0.05, 0.1) is 22.4 Å². The van der Waals surface area contributed by atoms with Gasteiger partial charge in [-0.1, -0.05) is 36.5 Å². The topological polar surface area (TPSA) is 58.4 Å². The summed E-state index contributed by atoms with van der Waals surface area (Å²) in [5.74, 6) is -0.142. The zero-order valence-electron chi connectivity index (χ0n) is 12.9. The molecule has 2 unspecified atom stereocenters. The normalized spacial score (nSPS) is 14.0. The van der Waals surface area contributed by atoms with E-state index in [1.54, 1.807) is 12.1 Å². The van der Waals surface area contributed by atoms with Crippen molar-refractivity contribution in [3.8, 4) is 0 Å². The third-order valence-electron chi connectivity index (χ3n) is 3.73. The fourth-order valence-electron chi connectivity index (χ4n) is 2.14. The van der Waals surface area contributed by atoms with Gasteiger partial charge in [-0.15, -0.1) is 0 Å². The van der Waals surface area contributed by atoms with Crippen LogP contribution >= 0.6 is 23.2 Å². The Bertz CT molecular complexity index is 485. The van der Waals surface area contributed by atoms with Gasteiger partial charge in [-0.05, 0) is 39.4 Å². The predicted molar refractivity (Wildman–Crippen MR) is 91.1 cm³/mol. The summed E-state index contributed by atoms with van der Waals surface area (Å²) in [6.07, 6.45) is 2.12. The van der Waals surface area contributed by atoms with Crippen LogP contribution in [-0.4, -0.2) is 29.9 Å². The minimum atomic E-state index is -0.280. The van der Waals surface area contributed by atoms with E-state index in [-0.39, 0.29) is 11.9 Å². The Labute approximate surface area is 136 Å². The number of carbonyl (C=O) groups is 1. The molecule has 0 aliphatic carbocycles. The van der Waals surface area contributed by atoms with Crippen molar-refractivity contribution in [3.63, 3.8) is 0 Å². The number of nitrogens with two attached hydrogens (primary N) is 1. The number of nitrogen functional groups attached to an aromatic ring is 1. The molecule has 0 saturated carbocycles. The van der Waals surface area contributed by atoms with Crippen LogP contribution in [0.5, 0.6) is 0 Å². The van der Waals surface area contributed by atoms with Gasteiger partial charge in [-0.25, -0.2) is 0 Å². The van der Waals surface area contributed by atoms with Crippen LogP contribution in [-0.2, 0) is 4.79 Å². The molecule has 0 aliphatic heterocycles. The molecule has 0 aliphatic rings. The molecule has 1 amide bonds. The Morgan fingerprint density at radius 2 is 2.00 bits per heavy atom. The van der Waals surface area contributed by atoms with E-state index in [9.17, 15) is 4.79 Å². The van der Waals surface area contributed by atoms with Crippen molar-refractivity contribution in [2.24, 2.45) is 0 Å². The highest BCUT2D eigenvalue weighted by atomic mass is 35.5. The number of likely N-dealkylation sites (N-methyl/N-ethyl adjacent to an activating group) is 1. The lowest BCUT2D eigenvalue weighted by molar-refractivity contribution is -0.121. The van der Waals surface area contributed by atoms with Gasteiger partial charge in [-0.3, -0.25) is 9.69 Å². The number of nitrogens with one attached hydrogen (secondary N) is 1. The van der Waals surface area contributed by atoms with E-state index in [1.165, 1.54) is 0 Å². The third-order valence-corrected chi connectivity index (χ3v) is 4.24. The predicted octanol–water partition coefficient (Wildman–Crippen LogP) is 4.02. The molecule has 118 valence electrons. The lowest BCUT2D eigenvalue weighted by Gasteiger charge is -2.30. The molecule has 6 heteroatoms. The van der Waals surface area contributed by atoms with E-state index in [0.29, 0.717) is 27.5 Å². The Balaban J connectivity index is 2.82. The van der Waals surface area contributed by atoms with E-state index < -0.39 is 0 Å². The Hall–Kier alpha value is -0.970. The standard InChI is InChI=1S/C15H23Cl2N3O/c1-5-6-9(2)20(4)10(3)15(21)19-14-12(17)7-11(16)8-13(14)18/h7-10H,5-6,18H2,1-4H3,(H,19,21). The van der Waals surface area contributed by atoms with Crippen molar-refractivity contribution in [1.29, 1.82) is 0 Å². The van der Waals surface area contributed by atoms with Crippen molar-refractivity contribution >= 4 is 40.5 Å². The van der Waals surface area contributed by atoms with E-state index in [4.69, 9.17) is 28.9 Å². The maximum atomic E-state index is 12.4. The number of halogens is 2. The van der Waals surface area contributed by atoms with Crippen molar-refractivity contribution in [3.05, 3.63) is 22.2 Å². The molecule has 2 atom stereocenters. The number of amides is 1. The van der Waals surface area contributed by atoms with Gasteiger partial charge in [-0.2, -0.15) is 0 Å². The van der Waals surface area contributed by atoms with Crippen LogP contribution in [0.4, 0.5) is 11.4 Å². The smallest absolute Gasteiger partial charge is 0.241 e. The third kappa shape index (κ3) is 4.77. The van der Waals surface area contributed by atoms with E-state index >= 15 is 0 Å². The molecule has 4 nitrogen and oxygen atoms in total. The van der Waals surface area contributed by atoms with Crippen LogP contribution in [0.25, 0.3) is 0 Å². The Morgan fingerprint density at radius 1 is 1.38 bits per heavy atom. The van der Waals surface area contributed by atoms with Crippen LogP contribution in [0.15, 0.2) is 12.1 Å². The average molecular weight is 332 g/mol. The number of rotatable bonds is 6. The Kier molecular flexibility index (Phi) is 6.78. The zero-order valence-corrected chi connectivity index (χ0v) is 14.4. The summed E-state index contributed by atoms with van der Waals surface area (Å²) in [7, 11) is 1.94. The highest BCUT2D eigenvalue weighted by molar-refractivity contribution is 6.37. The van der Waals surface area contributed by atoms with Gasteiger partial charge < -0.3 is 11.1 Å². The monoisotopic (exact) mass is 331 g/mol. The molecule has 0 heterocycles. The average Bonchev–Trinajstić information content (AvgIpc) is 2.41. The fourth-order valence-corrected chi connectivity index (χ4v) is 2.70. The first-order chi connectivity index (χ1) is 9.77. The van der Waals surface area contributed by atoms with Crippen LogP contribution in [0.3, 0.4) is 0 Å². The SMILES string of the molecule is CCCC(C)N(C)C(C)C(=O)Nc1c(N)cc(Cl)cc1Cl. The van der Waals surface area contributed by atoms with Crippen LogP contribution < -0.4 is 11.1 Å². The second-order valence-corrected chi connectivity index (χ2v) is 6.16. The number of anilines is 2. The van der Waals surface area contributed by atoms with Crippen molar-refractivity contribution in [1.82, 2.24) is 4.90 Å². The summed E-state index contributed by atoms with van der Waals surface area (Å²) >= 11 is 11.9. The largest absolute Gasteiger partial charge is 0.397 e. The zero-order chi connectivity index (χ0) is 16.2. The highest BCUT2D eigenvalue weighted by Crippen LogP contribution is 2.32. The number of nitrogens with zero attached hydrogens (tertiary/aromatic N) is 1. The second-order valence-electron chi connectivity index (χ2n) is 5.32. The van der Waals surface area contributed by atoms with Crippen molar-refractivity contribution in [2.75, 3.05) is 18.1 Å². The Morgan fingerprint density at radius 3 is 2.52 bits per heavy atom. The number of benzene rings is 1.